The molecular weight excluding hydrogens is 196 g/mol. The third kappa shape index (κ3) is 3.22. The molecule has 0 spiro atoms. The second-order valence-electron chi connectivity index (χ2n) is 3.42. The molecule has 0 fully saturated rings. The Balaban J connectivity index is 2.57. The van der Waals surface area contributed by atoms with Gasteiger partial charge in [0.2, 0.25) is 0 Å². The quantitative estimate of drug-likeness (QED) is 0.531. The lowest BCUT2D eigenvalue weighted by Crippen LogP contribution is -1.97. The van der Waals surface area contributed by atoms with Crippen molar-refractivity contribution in [2.75, 3.05) is 6.61 Å². The molecule has 0 aromatic heterocycles. The lowest BCUT2D eigenvalue weighted by atomic mass is 10.1. The topological polar surface area (TPSA) is 9.23 Å². The molecule has 1 aromatic rings. The van der Waals surface area contributed by atoms with Crippen LogP contribution in [0.25, 0.3) is 0 Å². The number of unbranched alkanes of at least 4 members (excludes halogenated alkanes) is 1. The normalized spacial score (nSPS) is 10.2. The number of ether oxygens (including phenoxy) is 1. The zero-order chi connectivity index (χ0) is 10.4. The van der Waals surface area contributed by atoms with Crippen LogP contribution in [0.5, 0.6) is 5.75 Å². The number of hydrogen-bond acceptors (Lipinski definition) is 1. The summed E-state index contributed by atoms with van der Waals surface area (Å²) in [7, 11) is 0. The fourth-order valence-electron chi connectivity index (χ4n) is 1.24. The summed E-state index contributed by atoms with van der Waals surface area (Å²) in [5.41, 5.74) is 2.38. The molecule has 1 aromatic carbocycles. The summed E-state index contributed by atoms with van der Waals surface area (Å²) >= 11 is 5.77. The summed E-state index contributed by atoms with van der Waals surface area (Å²) in [5, 5.41) is 0. The van der Waals surface area contributed by atoms with Crippen molar-refractivity contribution in [3.8, 4) is 5.75 Å². The Morgan fingerprint density at radius 2 is 2.14 bits per heavy atom. The minimum Gasteiger partial charge on any atom is -0.494 e. The number of halogens is 1. The smallest absolute Gasteiger partial charge is 0.119 e. The Morgan fingerprint density at radius 3 is 2.71 bits per heavy atom. The van der Waals surface area contributed by atoms with Gasteiger partial charge in [-0.2, -0.15) is 0 Å². The zero-order valence-electron chi connectivity index (χ0n) is 8.85. The average molecular weight is 213 g/mol. The molecule has 0 aliphatic heterocycles. The molecular formula is C12H17ClO. The van der Waals surface area contributed by atoms with Gasteiger partial charge in [-0.1, -0.05) is 19.4 Å². The first kappa shape index (κ1) is 11.4. The van der Waals surface area contributed by atoms with E-state index in [1.807, 2.05) is 18.2 Å². The molecule has 78 valence electrons. The number of rotatable bonds is 5. The van der Waals surface area contributed by atoms with Crippen LogP contribution in [0.4, 0.5) is 0 Å². The van der Waals surface area contributed by atoms with Gasteiger partial charge in [-0.3, -0.25) is 0 Å². The van der Waals surface area contributed by atoms with Gasteiger partial charge in [-0.15, -0.1) is 11.6 Å². The van der Waals surface area contributed by atoms with E-state index in [1.165, 1.54) is 17.5 Å². The second kappa shape index (κ2) is 5.92. The van der Waals surface area contributed by atoms with Crippen molar-refractivity contribution in [1.82, 2.24) is 0 Å². The first-order valence-electron chi connectivity index (χ1n) is 5.06. The van der Waals surface area contributed by atoms with Crippen LogP contribution in [0.1, 0.15) is 30.9 Å². The van der Waals surface area contributed by atoms with Crippen molar-refractivity contribution in [3.05, 3.63) is 29.3 Å². The van der Waals surface area contributed by atoms with Gasteiger partial charge in [-0.05, 0) is 36.6 Å². The van der Waals surface area contributed by atoms with Crippen molar-refractivity contribution < 1.29 is 4.74 Å². The molecule has 0 saturated heterocycles. The maximum atomic E-state index is 5.77. The predicted octanol–water partition coefficient (Wildman–Crippen LogP) is 3.91. The third-order valence-corrected chi connectivity index (χ3v) is 2.51. The van der Waals surface area contributed by atoms with Gasteiger partial charge in [0, 0.05) is 5.88 Å². The van der Waals surface area contributed by atoms with Crippen molar-refractivity contribution >= 4 is 11.6 Å². The molecule has 0 atom stereocenters. The van der Waals surface area contributed by atoms with Gasteiger partial charge in [0.1, 0.15) is 5.75 Å². The Kier molecular flexibility index (Phi) is 4.81. The fraction of sp³-hybridized carbons (Fsp3) is 0.500. The Bertz CT molecular complexity index is 284. The number of aryl methyl sites for hydroxylation is 1. The van der Waals surface area contributed by atoms with E-state index >= 15 is 0 Å². The van der Waals surface area contributed by atoms with E-state index in [2.05, 4.69) is 13.8 Å². The van der Waals surface area contributed by atoms with Crippen LogP contribution in [0, 0.1) is 6.92 Å². The van der Waals surface area contributed by atoms with Crippen molar-refractivity contribution in [2.45, 2.75) is 32.6 Å². The molecule has 0 saturated carbocycles. The van der Waals surface area contributed by atoms with Crippen molar-refractivity contribution in [3.63, 3.8) is 0 Å². The maximum Gasteiger partial charge on any atom is 0.119 e. The Hall–Kier alpha value is -0.690. The van der Waals surface area contributed by atoms with Crippen LogP contribution in [0.3, 0.4) is 0 Å². The molecule has 0 radical (unpaired) electrons. The van der Waals surface area contributed by atoms with Gasteiger partial charge in [-0.25, -0.2) is 0 Å². The molecule has 1 rings (SSSR count). The number of alkyl halides is 1. The van der Waals surface area contributed by atoms with E-state index in [1.54, 1.807) is 0 Å². The zero-order valence-corrected chi connectivity index (χ0v) is 9.60. The summed E-state index contributed by atoms with van der Waals surface area (Å²) in [5.74, 6) is 1.52. The van der Waals surface area contributed by atoms with E-state index in [0.29, 0.717) is 5.88 Å². The monoisotopic (exact) mass is 212 g/mol. The minimum absolute atomic E-state index is 0.571. The summed E-state index contributed by atoms with van der Waals surface area (Å²) < 4.78 is 5.58. The van der Waals surface area contributed by atoms with Gasteiger partial charge in [0.25, 0.3) is 0 Å². The molecule has 0 bridgehead atoms. The Labute approximate surface area is 91.0 Å². The molecule has 2 heteroatoms. The highest BCUT2D eigenvalue weighted by Gasteiger charge is 1.99. The first-order chi connectivity index (χ1) is 6.77. The summed E-state index contributed by atoms with van der Waals surface area (Å²) in [6.07, 6.45) is 2.27. The van der Waals surface area contributed by atoms with E-state index in [0.717, 1.165) is 18.8 Å². The summed E-state index contributed by atoms with van der Waals surface area (Å²) in [4.78, 5) is 0. The fourth-order valence-corrected chi connectivity index (χ4v) is 1.54. The first-order valence-corrected chi connectivity index (χ1v) is 5.59. The van der Waals surface area contributed by atoms with E-state index in [4.69, 9.17) is 16.3 Å². The molecule has 0 amide bonds. The molecule has 0 unspecified atom stereocenters. The summed E-state index contributed by atoms with van der Waals surface area (Å²) in [6, 6.07) is 6.07. The highest BCUT2D eigenvalue weighted by atomic mass is 35.5. The van der Waals surface area contributed by atoms with Crippen molar-refractivity contribution in [2.24, 2.45) is 0 Å². The standard InChI is InChI=1S/C12H17ClO/c1-3-4-7-14-12-6-5-11(9-13)10(2)8-12/h5-6,8H,3-4,7,9H2,1-2H3. The van der Waals surface area contributed by atoms with Gasteiger partial charge < -0.3 is 4.74 Å². The molecule has 1 nitrogen and oxygen atoms in total. The predicted molar refractivity (Wildman–Crippen MR) is 61.1 cm³/mol. The highest BCUT2D eigenvalue weighted by molar-refractivity contribution is 6.17. The molecule has 0 aliphatic rings. The van der Waals surface area contributed by atoms with E-state index in [-0.39, 0.29) is 0 Å². The average Bonchev–Trinajstić information content (AvgIpc) is 2.18. The van der Waals surface area contributed by atoms with E-state index < -0.39 is 0 Å². The molecule has 0 heterocycles. The SMILES string of the molecule is CCCCOc1ccc(CCl)c(C)c1. The molecule has 0 aliphatic carbocycles. The lowest BCUT2D eigenvalue weighted by molar-refractivity contribution is 0.309. The van der Waals surface area contributed by atoms with Crippen LogP contribution < -0.4 is 4.74 Å². The van der Waals surface area contributed by atoms with Crippen LogP contribution in [0.2, 0.25) is 0 Å². The Morgan fingerprint density at radius 1 is 1.36 bits per heavy atom. The largest absolute Gasteiger partial charge is 0.494 e. The van der Waals surface area contributed by atoms with Crippen molar-refractivity contribution in [1.29, 1.82) is 0 Å². The van der Waals surface area contributed by atoms with Crippen LogP contribution in [0.15, 0.2) is 18.2 Å². The molecule has 0 N–H and O–H groups in total. The second-order valence-corrected chi connectivity index (χ2v) is 3.69. The third-order valence-electron chi connectivity index (χ3n) is 2.22. The highest BCUT2D eigenvalue weighted by Crippen LogP contribution is 2.18. The van der Waals surface area contributed by atoms with Crippen LogP contribution >= 0.6 is 11.6 Å². The van der Waals surface area contributed by atoms with Gasteiger partial charge in [0.15, 0.2) is 0 Å². The minimum atomic E-state index is 0.571. The van der Waals surface area contributed by atoms with Crippen LogP contribution in [-0.2, 0) is 5.88 Å². The lowest BCUT2D eigenvalue weighted by Gasteiger charge is -2.08. The van der Waals surface area contributed by atoms with E-state index in [9.17, 15) is 0 Å². The van der Waals surface area contributed by atoms with Gasteiger partial charge in [0.05, 0.1) is 6.61 Å². The van der Waals surface area contributed by atoms with Gasteiger partial charge >= 0.3 is 0 Å². The number of benzene rings is 1. The number of hydrogen-bond donors (Lipinski definition) is 0. The van der Waals surface area contributed by atoms with Crippen LogP contribution in [-0.4, -0.2) is 6.61 Å². The maximum absolute atomic E-state index is 5.77. The molecule has 14 heavy (non-hydrogen) atoms. The summed E-state index contributed by atoms with van der Waals surface area (Å²) in [6.45, 7) is 5.02.